The third-order valence-electron chi connectivity index (χ3n) is 6.05. The van der Waals surface area contributed by atoms with Gasteiger partial charge in [-0.3, -0.25) is 9.69 Å². The third kappa shape index (κ3) is 5.21. The molecule has 6 nitrogen and oxygen atoms in total. The fourth-order valence-electron chi connectivity index (χ4n) is 4.26. The number of para-hydroxylation sites is 1. The van der Waals surface area contributed by atoms with Crippen molar-refractivity contribution in [3.8, 4) is 11.4 Å². The topological polar surface area (TPSA) is 71.3 Å². The van der Waals surface area contributed by atoms with E-state index >= 15 is 0 Å². The summed E-state index contributed by atoms with van der Waals surface area (Å²) in [6.07, 6.45) is 2.02. The molecular weight excluding hydrogens is 431 g/mol. The van der Waals surface area contributed by atoms with Crippen LogP contribution in [0.1, 0.15) is 40.6 Å². The molecule has 172 valence electrons. The first-order chi connectivity index (χ1) is 16.6. The van der Waals surface area contributed by atoms with Crippen molar-refractivity contribution in [1.82, 2.24) is 15.0 Å². The number of nitrogens with one attached hydrogen (secondary N) is 1. The number of halogens is 1. The van der Waals surface area contributed by atoms with Crippen molar-refractivity contribution in [1.29, 1.82) is 0 Å². The van der Waals surface area contributed by atoms with Gasteiger partial charge in [0.15, 0.2) is 0 Å². The lowest BCUT2D eigenvalue weighted by Gasteiger charge is -2.30. The number of rotatable bonds is 6. The van der Waals surface area contributed by atoms with Crippen LogP contribution in [0.4, 0.5) is 10.1 Å². The van der Waals surface area contributed by atoms with E-state index in [1.807, 2.05) is 54.6 Å². The second kappa shape index (κ2) is 9.97. The molecule has 3 aromatic carbocycles. The number of nitrogens with zero attached hydrogens (tertiary/aromatic N) is 3. The van der Waals surface area contributed by atoms with Gasteiger partial charge in [0.2, 0.25) is 11.7 Å². The molecular formula is C27H25FN4O2. The maximum Gasteiger partial charge on any atom is 0.255 e. The lowest BCUT2D eigenvalue weighted by atomic mass is 9.97. The molecule has 1 aliphatic heterocycles. The van der Waals surface area contributed by atoms with E-state index in [-0.39, 0.29) is 17.6 Å². The summed E-state index contributed by atoms with van der Waals surface area (Å²) in [5, 5.41) is 7.00. The van der Waals surface area contributed by atoms with Gasteiger partial charge >= 0.3 is 0 Å². The molecule has 0 aliphatic carbocycles. The van der Waals surface area contributed by atoms with Crippen LogP contribution in [0.25, 0.3) is 11.4 Å². The number of anilines is 1. The molecule has 1 N–H and O–H groups in total. The SMILES string of the molecule is O=C(Nc1ccccc1)c1ccc(CN2CCCC(c3nc(-c4ccc(F)cc4)no3)C2)cc1. The molecule has 1 aliphatic rings. The molecule has 1 amide bonds. The van der Waals surface area contributed by atoms with Gasteiger partial charge in [-0.1, -0.05) is 35.5 Å². The molecule has 1 fully saturated rings. The molecule has 0 saturated carbocycles. The Kier molecular flexibility index (Phi) is 6.44. The van der Waals surface area contributed by atoms with Crippen molar-refractivity contribution in [2.45, 2.75) is 25.3 Å². The summed E-state index contributed by atoms with van der Waals surface area (Å²) in [7, 11) is 0. The Morgan fingerprint density at radius 2 is 1.79 bits per heavy atom. The minimum absolute atomic E-state index is 0.121. The molecule has 1 unspecified atom stereocenters. The average molecular weight is 457 g/mol. The van der Waals surface area contributed by atoms with Crippen LogP contribution < -0.4 is 5.32 Å². The van der Waals surface area contributed by atoms with E-state index in [1.54, 1.807) is 12.1 Å². The Morgan fingerprint density at radius 3 is 2.56 bits per heavy atom. The van der Waals surface area contributed by atoms with Gasteiger partial charge in [0.25, 0.3) is 5.91 Å². The van der Waals surface area contributed by atoms with Crippen molar-refractivity contribution in [2.75, 3.05) is 18.4 Å². The Bertz CT molecular complexity index is 1240. The van der Waals surface area contributed by atoms with E-state index in [4.69, 9.17) is 4.52 Å². The number of likely N-dealkylation sites (tertiary alicyclic amines) is 1. The van der Waals surface area contributed by atoms with Gasteiger partial charge in [0.05, 0.1) is 5.92 Å². The summed E-state index contributed by atoms with van der Waals surface area (Å²) in [5.74, 6) is 0.851. The van der Waals surface area contributed by atoms with Crippen LogP contribution in [-0.4, -0.2) is 34.0 Å². The fraction of sp³-hybridized carbons (Fsp3) is 0.222. The van der Waals surface area contributed by atoms with Gasteiger partial charge in [-0.15, -0.1) is 0 Å². The molecule has 0 spiro atoms. The zero-order chi connectivity index (χ0) is 23.3. The van der Waals surface area contributed by atoms with Gasteiger partial charge in [-0.25, -0.2) is 4.39 Å². The highest BCUT2D eigenvalue weighted by atomic mass is 19.1. The molecule has 0 bridgehead atoms. The standard InChI is InChI=1S/C27H25FN4O2/c28-23-14-12-20(13-15-23)25-30-27(34-31-25)22-5-4-16-32(18-22)17-19-8-10-21(11-9-19)26(33)29-24-6-2-1-3-7-24/h1-3,6-15,22H,4-5,16-18H2,(H,29,33). The van der Waals surface area contributed by atoms with Gasteiger partial charge < -0.3 is 9.84 Å². The van der Waals surface area contributed by atoms with Crippen molar-refractivity contribution in [3.63, 3.8) is 0 Å². The van der Waals surface area contributed by atoms with Crippen molar-refractivity contribution >= 4 is 11.6 Å². The first-order valence-corrected chi connectivity index (χ1v) is 11.4. The van der Waals surface area contributed by atoms with E-state index in [0.29, 0.717) is 17.3 Å². The zero-order valence-corrected chi connectivity index (χ0v) is 18.7. The Balaban J connectivity index is 1.19. The van der Waals surface area contributed by atoms with E-state index in [0.717, 1.165) is 49.3 Å². The Labute approximate surface area is 197 Å². The fourth-order valence-corrected chi connectivity index (χ4v) is 4.26. The number of carbonyl (C=O) groups is 1. The maximum absolute atomic E-state index is 13.2. The lowest BCUT2D eigenvalue weighted by Crippen LogP contribution is -2.34. The predicted octanol–water partition coefficient (Wildman–Crippen LogP) is 5.51. The highest BCUT2D eigenvalue weighted by Gasteiger charge is 2.26. The number of carbonyl (C=O) groups excluding carboxylic acids is 1. The summed E-state index contributed by atoms with van der Waals surface area (Å²) >= 11 is 0. The average Bonchev–Trinajstić information content (AvgIpc) is 3.36. The second-order valence-corrected chi connectivity index (χ2v) is 8.55. The van der Waals surface area contributed by atoms with Gasteiger partial charge in [-0.2, -0.15) is 4.98 Å². The van der Waals surface area contributed by atoms with Crippen molar-refractivity contribution in [2.24, 2.45) is 0 Å². The van der Waals surface area contributed by atoms with Crippen molar-refractivity contribution < 1.29 is 13.7 Å². The summed E-state index contributed by atoms with van der Waals surface area (Å²) in [6.45, 7) is 2.60. The third-order valence-corrected chi connectivity index (χ3v) is 6.05. The zero-order valence-electron chi connectivity index (χ0n) is 18.7. The molecule has 1 atom stereocenters. The largest absolute Gasteiger partial charge is 0.339 e. The predicted molar refractivity (Wildman–Crippen MR) is 128 cm³/mol. The minimum Gasteiger partial charge on any atom is -0.339 e. The molecule has 1 saturated heterocycles. The quantitative estimate of drug-likeness (QED) is 0.414. The summed E-state index contributed by atoms with van der Waals surface area (Å²) in [5.41, 5.74) is 3.29. The highest BCUT2D eigenvalue weighted by molar-refractivity contribution is 6.04. The van der Waals surface area contributed by atoms with Gasteiger partial charge in [0.1, 0.15) is 5.82 Å². The molecule has 7 heteroatoms. The van der Waals surface area contributed by atoms with Gasteiger partial charge in [0, 0.05) is 29.9 Å². The maximum atomic E-state index is 13.2. The van der Waals surface area contributed by atoms with Crippen LogP contribution in [0.3, 0.4) is 0 Å². The van der Waals surface area contributed by atoms with Gasteiger partial charge in [-0.05, 0) is 73.5 Å². The van der Waals surface area contributed by atoms with Crippen LogP contribution in [0.2, 0.25) is 0 Å². The summed E-state index contributed by atoms with van der Waals surface area (Å²) in [4.78, 5) is 19.4. The molecule has 2 heterocycles. The van der Waals surface area contributed by atoms with E-state index in [2.05, 4.69) is 20.4 Å². The van der Waals surface area contributed by atoms with E-state index in [9.17, 15) is 9.18 Å². The van der Waals surface area contributed by atoms with Crippen LogP contribution in [0.5, 0.6) is 0 Å². The highest BCUT2D eigenvalue weighted by Crippen LogP contribution is 2.28. The first kappa shape index (κ1) is 22.0. The number of amides is 1. The van der Waals surface area contributed by atoms with Crippen LogP contribution in [0.15, 0.2) is 83.4 Å². The normalized spacial score (nSPS) is 16.3. The van der Waals surface area contributed by atoms with E-state index in [1.165, 1.54) is 12.1 Å². The molecule has 1 aromatic heterocycles. The molecule has 4 aromatic rings. The number of piperidine rings is 1. The first-order valence-electron chi connectivity index (χ1n) is 11.4. The number of aromatic nitrogens is 2. The van der Waals surface area contributed by atoms with Crippen LogP contribution in [-0.2, 0) is 6.54 Å². The van der Waals surface area contributed by atoms with Crippen LogP contribution >= 0.6 is 0 Å². The lowest BCUT2D eigenvalue weighted by molar-refractivity contribution is 0.102. The molecule has 0 radical (unpaired) electrons. The van der Waals surface area contributed by atoms with E-state index < -0.39 is 0 Å². The Morgan fingerprint density at radius 1 is 1.03 bits per heavy atom. The Hall–Kier alpha value is -3.84. The number of benzene rings is 3. The minimum atomic E-state index is -0.291. The smallest absolute Gasteiger partial charge is 0.255 e. The van der Waals surface area contributed by atoms with Crippen molar-refractivity contribution in [3.05, 3.63) is 102 Å². The monoisotopic (exact) mass is 456 g/mol. The second-order valence-electron chi connectivity index (χ2n) is 8.55. The molecule has 34 heavy (non-hydrogen) atoms. The summed E-state index contributed by atoms with van der Waals surface area (Å²) < 4.78 is 18.7. The number of hydrogen-bond donors (Lipinski definition) is 1. The molecule has 5 rings (SSSR count). The summed E-state index contributed by atoms with van der Waals surface area (Å²) in [6, 6.07) is 23.3. The number of hydrogen-bond acceptors (Lipinski definition) is 5. The van der Waals surface area contributed by atoms with Crippen LogP contribution in [0, 0.1) is 5.82 Å².